The molecule has 1 aromatic heterocycles. The second-order valence-corrected chi connectivity index (χ2v) is 12.6. The maximum absolute atomic E-state index is 10.9. The first-order valence-corrected chi connectivity index (χ1v) is 11.3. The molecule has 5 heteroatoms. The molecule has 1 aromatic rings. The third-order valence-corrected chi connectivity index (χ3v) is 9.69. The van der Waals surface area contributed by atoms with Gasteiger partial charge in [-0.15, -0.1) is 0 Å². The van der Waals surface area contributed by atoms with Gasteiger partial charge in [0.15, 0.2) is 8.32 Å². The Bertz CT molecular complexity index is 513. The highest BCUT2D eigenvalue weighted by Gasteiger charge is 2.45. The Morgan fingerprint density at radius 2 is 2.17 bits per heavy atom. The van der Waals surface area contributed by atoms with Crippen molar-refractivity contribution in [1.29, 1.82) is 0 Å². The van der Waals surface area contributed by atoms with E-state index in [0.717, 1.165) is 18.3 Å². The summed E-state index contributed by atoms with van der Waals surface area (Å²) >= 11 is 0. The average Bonchev–Trinajstić information content (AvgIpc) is 2.87. The van der Waals surface area contributed by atoms with Crippen molar-refractivity contribution >= 4 is 14.6 Å². The number of carbonyl (C=O) groups is 1. The van der Waals surface area contributed by atoms with Gasteiger partial charge in [-0.1, -0.05) is 26.8 Å². The summed E-state index contributed by atoms with van der Waals surface area (Å²) in [5.74, 6) is 0.207. The Hall–Kier alpha value is -1.04. The second kappa shape index (κ2) is 7.24. The Balaban J connectivity index is 2.18. The zero-order valence-electron chi connectivity index (χ0n) is 14.9. The highest BCUT2D eigenvalue weighted by atomic mass is 28.4. The van der Waals surface area contributed by atoms with Crippen LogP contribution in [0.4, 0.5) is 0 Å². The molecule has 4 nitrogen and oxygen atoms in total. The van der Waals surface area contributed by atoms with Crippen LogP contribution in [0.1, 0.15) is 45.3 Å². The van der Waals surface area contributed by atoms with Gasteiger partial charge in [0.1, 0.15) is 6.29 Å². The van der Waals surface area contributed by atoms with Crippen molar-refractivity contribution in [3.8, 4) is 0 Å². The summed E-state index contributed by atoms with van der Waals surface area (Å²) < 4.78 is 12.7. The molecular weight excluding hydrogens is 306 g/mol. The van der Waals surface area contributed by atoms with E-state index in [2.05, 4.69) is 38.8 Å². The number of nitrogens with zero attached hydrogens (tertiary/aromatic N) is 1. The molecule has 1 aliphatic heterocycles. The molecule has 3 atom stereocenters. The fourth-order valence-corrected chi connectivity index (χ4v) is 4.16. The molecule has 128 valence electrons. The Kier molecular flexibility index (Phi) is 5.76. The number of hydrogen-bond acceptors (Lipinski definition) is 4. The molecule has 23 heavy (non-hydrogen) atoms. The molecule has 1 aliphatic rings. The monoisotopic (exact) mass is 335 g/mol. The van der Waals surface area contributed by atoms with Gasteiger partial charge in [-0.05, 0) is 36.2 Å². The predicted octanol–water partition coefficient (Wildman–Crippen LogP) is 4.14. The maximum Gasteiger partial charge on any atom is 0.192 e. The Morgan fingerprint density at radius 1 is 1.43 bits per heavy atom. The summed E-state index contributed by atoms with van der Waals surface area (Å²) in [5.41, 5.74) is 1.07. The van der Waals surface area contributed by atoms with Gasteiger partial charge in [-0.3, -0.25) is 4.98 Å². The van der Waals surface area contributed by atoms with Crippen molar-refractivity contribution in [3.05, 3.63) is 30.1 Å². The van der Waals surface area contributed by atoms with Crippen molar-refractivity contribution in [3.63, 3.8) is 0 Å². The highest BCUT2D eigenvalue weighted by molar-refractivity contribution is 6.74. The lowest BCUT2D eigenvalue weighted by atomic mass is 9.90. The van der Waals surface area contributed by atoms with Gasteiger partial charge >= 0.3 is 0 Å². The topological polar surface area (TPSA) is 48.4 Å². The van der Waals surface area contributed by atoms with Crippen LogP contribution in [0.5, 0.6) is 0 Å². The smallest absolute Gasteiger partial charge is 0.192 e. The van der Waals surface area contributed by atoms with Crippen molar-refractivity contribution in [2.24, 2.45) is 5.92 Å². The molecule has 0 saturated carbocycles. The zero-order valence-corrected chi connectivity index (χ0v) is 15.9. The lowest BCUT2D eigenvalue weighted by Gasteiger charge is -2.39. The van der Waals surface area contributed by atoms with Crippen LogP contribution in [0.3, 0.4) is 0 Å². The second-order valence-electron chi connectivity index (χ2n) is 7.86. The third kappa shape index (κ3) is 4.28. The van der Waals surface area contributed by atoms with E-state index < -0.39 is 8.32 Å². The van der Waals surface area contributed by atoms with Crippen LogP contribution in [0.2, 0.25) is 18.1 Å². The van der Waals surface area contributed by atoms with Gasteiger partial charge in [0.2, 0.25) is 0 Å². The third-order valence-electron chi connectivity index (χ3n) is 5.19. The van der Waals surface area contributed by atoms with Crippen LogP contribution in [-0.4, -0.2) is 32.3 Å². The largest absolute Gasteiger partial charge is 0.411 e. The maximum atomic E-state index is 10.9. The molecule has 0 amide bonds. The normalized spacial score (nSPS) is 25.5. The fourth-order valence-electron chi connectivity index (χ4n) is 2.80. The summed E-state index contributed by atoms with van der Waals surface area (Å²) in [7, 11) is -1.87. The van der Waals surface area contributed by atoms with E-state index >= 15 is 0 Å². The molecule has 0 radical (unpaired) electrons. The molecule has 3 unspecified atom stereocenters. The number of aromatic nitrogens is 1. The van der Waals surface area contributed by atoms with Crippen molar-refractivity contribution in [1.82, 2.24) is 4.98 Å². The van der Waals surface area contributed by atoms with E-state index in [-0.39, 0.29) is 23.2 Å². The van der Waals surface area contributed by atoms with E-state index in [1.165, 1.54) is 0 Å². The van der Waals surface area contributed by atoms with Crippen LogP contribution in [-0.2, 0) is 14.0 Å². The van der Waals surface area contributed by atoms with E-state index in [9.17, 15) is 4.79 Å². The SMILES string of the molecule is CC(C)(C)[Si](C)(C)OC1COC(c2cccnc2)C1CCC=O. The van der Waals surface area contributed by atoms with Gasteiger partial charge in [-0.2, -0.15) is 0 Å². The van der Waals surface area contributed by atoms with Gasteiger partial charge in [-0.25, -0.2) is 0 Å². The number of ether oxygens (including phenoxy) is 1. The summed E-state index contributed by atoms with van der Waals surface area (Å²) in [6.07, 6.45) is 5.97. The Labute approximate surface area is 140 Å². The number of aldehydes is 1. The van der Waals surface area contributed by atoms with E-state index in [1.807, 2.05) is 18.3 Å². The lowest BCUT2D eigenvalue weighted by Crippen LogP contribution is -2.45. The Morgan fingerprint density at radius 3 is 2.74 bits per heavy atom. The summed E-state index contributed by atoms with van der Waals surface area (Å²) in [5, 5.41) is 0.161. The summed E-state index contributed by atoms with van der Waals surface area (Å²) in [6, 6.07) is 3.97. The van der Waals surface area contributed by atoms with E-state index in [0.29, 0.717) is 13.0 Å². The van der Waals surface area contributed by atoms with Gasteiger partial charge in [0.05, 0.1) is 18.8 Å². The molecule has 0 spiro atoms. The predicted molar refractivity (Wildman–Crippen MR) is 93.8 cm³/mol. The molecule has 0 bridgehead atoms. The minimum atomic E-state index is -1.87. The molecule has 1 saturated heterocycles. The minimum absolute atomic E-state index is 0.0292. The van der Waals surface area contributed by atoms with Crippen molar-refractivity contribution < 1.29 is 14.0 Å². The number of carbonyl (C=O) groups excluding carboxylic acids is 1. The minimum Gasteiger partial charge on any atom is -0.411 e. The van der Waals surface area contributed by atoms with E-state index in [4.69, 9.17) is 9.16 Å². The van der Waals surface area contributed by atoms with E-state index in [1.54, 1.807) is 6.20 Å². The molecule has 0 aliphatic carbocycles. The van der Waals surface area contributed by atoms with Crippen LogP contribution >= 0.6 is 0 Å². The fraction of sp³-hybridized carbons (Fsp3) is 0.667. The number of rotatable bonds is 6. The lowest BCUT2D eigenvalue weighted by molar-refractivity contribution is -0.108. The number of pyridine rings is 1. The molecule has 2 heterocycles. The standard InChI is InChI=1S/C18H29NO3Si/c1-18(2,3)23(4,5)22-16-13-21-17(15(16)9-7-11-20)14-8-6-10-19-12-14/h6,8,10-12,15-17H,7,9,13H2,1-5H3. The van der Waals surface area contributed by atoms with Gasteiger partial charge < -0.3 is 14.0 Å². The van der Waals surface area contributed by atoms with Gasteiger partial charge in [0.25, 0.3) is 0 Å². The van der Waals surface area contributed by atoms with Crippen LogP contribution in [0, 0.1) is 5.92 Å². The molecular formula is C18H29NO3Si. The molecule has 2 rings (SSSR count). The first-order valence-electron chi connectivity index (χ1n) is 8.39. The molecule has 1 fully saturated rings. The number of hydrogen-bond donors (Lipinski definition) is 0. The van der Waals surface area contributed by atoms with Crippen LogP contribution in [0.25, 0.3) is 0 Å². The van der Waals surface area contributed by atoms with Crippen molar-refractivity contribution in [2.75, 3.05) is 6.61 Å². The van der Waals surface area contributed by atoms with Crippen molar-refractivity contribution in [2.45, 2.75) is 64.0 Å². The van der Waals surface area contributed by atoms with Crippen LogP contribution < -0.4 is 0 Å². The first-order chi connectivity index (χ1) is 10.8. The van der Waals surface area contributed by atoms with Gasteiger partial charge in [0, 0.05) is 24.7 Å². The molecule has 0 N–H and O–H groups in total. The average molecular weight is 336 g/mol. The highest BCUT2D eigenvalue weighted by Crippen LogP contribution is 2.43. The summed E-state index contributed by atoms with van der Waals surface area (Å²) in [4.78, 5) is 15.1. The van der Waals surface area contributed by atoms with Crippen LogP contribution in [0.15, 0.2) is 24.5 Å². The summed E-state index contributed by atoms with van der Waals surface area (Å²) in [6.45, 7) is 11.9. The quantitative estimate of drug-likeness (QED) is 0.579. The molecule has 0 aromatic carbocycles. The zero-order chi connectivity index (χ0) is 17.1. The first kappa shape index (κ1) is 18.3.